The third kappa shape index (κ3) is 5.04. The molecule has 5 heteroatoms. The number of quaternary nitrogens is 1. The fourth-order valence-corrected chi connectivity index (χ4v) is 3.88. The highest BCUT2D eigenvalue weighted by Gasteiger charge is 2.31. The zero-order chi connectivity index (χ0) is 18.4. The Kier molecular flexibility index (Phi) is 6.61. The standard InChI is InChI=1S/C21H27N3OS/c1-16-8-10-19(11-9-16)23-21(26)22-17(2)20(18-6-4-3-5-7-18)24-12-14-25-15-13-24/h3-11,17,20H,12-15H2,1-2H3,(H2,22,23,26)/p+1/t17-,20-/m0/s1. The number of nitrogens with one attached hydrogen (secondary N) is 3. The molecule has 2 aromatic carbocycles. The van der Waals surface area contributed by atoms with Crippen LogP contribution in [-0.2, 0) is 4.74 Å². The van der Waals surface area contributed by atoms with Crippen LogP contribution in [0, 0.1) is 6.92 Å². The SMILES string of the molecule is Cc1ccc(NC(=S)N[C@@H](C)[C@@H](c2ccccc2)[NH+]2CCOCC2)cc1. The number of aryl methyl sites for hydroxylation is 1. The Morgan fingerprint density at radius 1 is 1.04 bits per heavy atom. The number of benzene rings is 2. The minimum atomic E-state index is 0.205. The molecule has 0 radical (unpaired) electrons. The number of hydrogen-bond acceptors (Lipinski definition) is 2. The molecule has 1 heterocycles. The van der Waals surface area contributed by atoms with Crippen LogP contribution in [0.2, 0.25) is 0 Å². The van der Waals surface area contributed by atoms with Crippen LogP contribution in [0.3, 0.4) is 0 Å². The second kappa shape index (κ2) is 9.12. The second-order valence-corrected chi connectivity index (χ2v) is 7.32. The van der Waals surface area contributed by atoms with Gasteiger partial charge < -0.3 is 20.3 Å². The molecule has 0 unspecified atom stereocenters. The molecule has 1 aliphatic rings. The molecule has 2 aromatic rings. The molecular formula is C21H28N3OS+. The molecule has 0 amide bonds. The Morgan fingerprint density at radius 3 is 2.35 bits per heavy atom. The zero-order valence-corrected chi connectivity index (χ0v) is 16.3. The van der Waals surface area contributed by atoms with Crippen LogP contribution < -0.4 is 15.5 Å². The molecule has 26 heavy (non-hydrogen) atoms. The van der Waals surface area contributed by atoms with E-state index < -0.39 is 0 Å². The predicted octanol–water partition coefficient (Wildman–Crippen LogP) is 2.33. The minimum absolute atomic E-state index is 0.205. The van der Waals surface area contributed by atoms with Crippen LogP contribution in [0.15, 0.2) is 54.6 Å². The summed E-state index contributed by atoms with van der Waals surface area (Å²) in [5, 5.41) is 7.46. The monoisotopic (exact) mass is 370 g/mol. The van der Waals surface area contributed by atoms with E-state index in [9.17, 15) is 0 Å². The number of hydrogen-bond donors (Lipinski definition) is 3. The molecule has 2 atom stereocenters. The summed E-state index contributed by atoms with van der Waals surface area (Å²) in [7, 11) is 0. The number of thiocarbonyl (C=S) groups is 1. The van der Waals surface area contributed by atoms with Gasteiger partial charge in [-0.2, -0.15) is 0 Å². The summed E-state index contributed by atoms with van der Waals surface area (Å²) in [5.74, 6) is 0. The fraction of sp³-hybridized carbons (Fsp3) is 0.381. The number of rotatable bonds is 5. The normalized spacial score (nSPS) is 17.3. The van der Waals surface area contributed by atoms with Crippen LogP contribution in [0.25, 0.3) is 0 Å². The number of anilines is 1. The van der Waals surface area contributed by atoms with Gasteiger partial charge in [0.1, 0.15) is 19.1 Å². The van der Waals surface area contributed by atoms with Crippen molar-refractivity contribution in [2.75, 3.05) is 31.6 Å². The first-order chi connectivity index (χ1) is 12.6. The van der Waals surface area contributed by atoms with Gasteiger partial charge in [-0.05, 0) is 38.2 Å². The quantitative estimate of drug-likeness (QED) is 0.707. The van der Waals surface area contributed by atoms with Gasteiger partial charge in [0.05, 0.1) is 19.3 Å². The predicted molar refractivity (Wildman–Crippen MR) is 111 cm³/mol. The van der Waals surface area contributed by atoms with Crippen molar-refractivity contribution in [3.05, 3.63) is 65.7 Å². The van der Waals surface area contributed by atoms with E-state index in [1.54, 1.807) is 4.90 Å². The molecule has 0 aliphatic carbocycles. The Balaban J connectivity index is 1.69. The molecule has 1 fully saturated rings. The molecule has 1 aliphatic heterocycles. The summed E-state index contributed by atoms with van der Waals surface area (Å²) in [5.41, 5.74) is 3.58. The lowest BCUT2D eigenvalue weighted by molar-refractivity contribution is -0.940. The Bertz CT molecular complexity index is 699. The van der Waals surface area contributed by atoms with Gasteiger partial charge in [0, 0.05) is 11.3 Å². The van der Waals surface area contributed by atoms with E-state index in [-0.39, 0.29) is 6.04 Å². The summed E-state index contributed by atoms with van der Waals surface area (Å²) in [6.45, 7) is 7.96. The lowest BCUT2D eigenvalue weighted by atomic mass is 9.98. The average molecular weight is 371 g/mol. The first kappa shape index (κ1) is 18.8. The zero-order valence-electron chi connectivity index (χ0n) is 15.5. The van der Waals surface area contributed by atoms with E-state index in [4.69, 9.17) is 17.0 Å². The van der Waals surface area contributed by atoms with Crippen molar-refractivity contribution in [2.24, 2.45) is 0 Å². The van der Waals surface area contributed by atoms with Crippen LogP contribution in [-0.4, -0.2) is 37.5 Å². The van der Waals surface area contributed by atoms with Gasteiger partial charge in [0.2, 0.25) is 0 Å². The molecule has 138 valence electrons. The number of morpholine rings is 1. The highest BCUT2D eigenvalue weighted by molar-refractivity contribution is 7.80. The maximum absolute atomic E-state index is 5.56. The maximum atomic E-state index is 5.56. The lowest BCUT2D eigenvalue weighted by Gasteiger charge is -2.35. The van der Waals surface area contributed by atoms with E-state index in [1.165, 1.54) is 11.1 Å². The summed E-state index contributed by atoms with van der Waals surface area (Å²) in [4.78, 5) is 1.54. The molecule has 0 aromatic heterocycles. The Morgan fingerprint density at radius 2 is 1.69 bits per heavy atom. The smallest absolute Gasteiger partial charge is 0.171 e. The van der Waals surface area contributed by atoms with Crippen molar-refractivity contribution in [3.63, 3.8) is 0 Å². The molecule has 3 N–H and O–H groups in total. The molecule has 3 rings (SSSR count). The van der Waals surface area contributed by atoms with Crippen molar-refractivity contribution < 1.29 is 9.64 Å². The molecule has 0 spiro atoms. The van der Waals surface area contributed by atoms with Gasteiger partial charge in [0.25, 0.3) is 0 Å². The van der Waals surface area contributed by atoms with Crippen molar-refractivity contribution in [3.8, 4) is 0 Å². The third-order valence-electron chi connectivity index (χ3n) is 4.90. The largest absolute Gasteiger partial charge is 0.370 e. The average Bonchev–Trinajstić information content (AvgIpc) is 2.65. The van der Waals surface area contributed by atoms with E-state index >= 15 is 0 Å². The second-order valence-electron chi connectivity index (χ2n) is 6.91. The van der Waals surface area contributed by atoms with Crippen LogP contribution in [0.1, 0.15) is 24.1 Å². The van der Waals surface area contributed by atoms with Gasteiger partial charge in [-0.3, -0.25) is 0 Å². The molecule has 0 bridgehead atoms. The van der Waals surface area contributed by atoms with Gasteiger partial charge in [-0.15, -0.1) is 0 Å². The Labute approximate surface area is 161 Å². The first-order valence-electron chi connectivity index (χ1n) is 9.25. The minimum Gasteiger partial charge on any atom is -0.370 e. The first-order valence-corrected chi connectivity index (χ1v) is 9.66. The third-order valence-corrected chi connectivity index (χ3v) is 5.12. The van der Waals surface area contributed by atoms with Gasteiger partial charge in [-0.25, -0.2) is 0 Å². The summed E-state index contributed by atoms with van der Waals surface area (Å²) < 4.78 is 5.56. The van der Waals surface area contributed by atoms with Crippen LogP contribution >= 0.6 is 12.2 Å². The summed E-state index contributed by atoms with van der Waals surface area (Å²) in [6, 6.07) is 19.5. The van der Waals surface area contributed by atoms with Crippen LogP contribution in [0.4, 0.5) is 5.69 Å². The van der Waals surface area contributed by atoms with Crippen molar-refractivity contribution in [1.29, 1.82) is 0 Å². The topological polar surface area (TPSA) is 37.7 Å². The van der Waals surface area contributed by atoms with Gasteiger partial charge in [-0.1, -0.05) is 48.0 Å². The molecule has 4 nitrogen and oxygen atoms in total. The van der Waals surface area contributed by atoms with E-state index in [2.05, 4.69) is 79.1 Å². The highest BCUT2D eigenvalue weighted by Crippen LogP contribution is 2.15. The highest BCUT2D eigenvalue weighted by atomic mass is 32.1. The maximum Gasteiger partial charge on any atom is 0.171 e. The van der Waals surface area contributed by atoms with Gasteiger partial charge >= 0.3 is 0 Å². The van der Waals surface area contributed by atoms with Crippen LogP contribution in [0.5, 0.6) is 0 Å². The summed E-state index contributed by atoms with van der Waals surface area (Å²) >= 11 is 5.56. The molecule has 0 saturated carbocycles. The summed E-state index contributed by atoms with van der Waals surface area (Å²) in [6.07, 6.45) is 0. The van der Waals surface area contributed by atoms with Crippen molar-refractivity contribution >= 4 is 23.0 Å². The molecule has 1 saturated heterocycles. The number of ether oxygens (including phenoxy) is 1. The van der Waals surface area contributed by atoms with E-state index in [0.29, 0.717) is 11.2 Å². The van der Waals surface area contributed by atoms with Gasteiger partial charge in [0.15, 0.2) is 5.11 Å². The molecular weight excluding hydrogens is 342 g/mol. The Hall–Kier alpha value is -1.95. The van der Waals surface area contributed by atoms with E-state index in [1.807, 2.05) is 0 Å². The fourth-order valence-electron chi connectivity index (χ4n) is 3.58. The van der Waals surface area contributed by atoms with Crippen molar-refractivity contribution in [1.82, 2.24) is 5.32 Å². The van der Waals surface area contributed by atoms with E-state index in [0.717, 1.165) is 32.0 Å². The van der Waals surface area contributed by atoms with Crippen molar-refractivity contribution in [2.45, 2.75) is 25.9 Å². The lowest BCUT2D eigenvalue weighted by Crippen LogP contribution is -3.15.